The van der Waals surface area contributed by atoms with Gasteiger partial charge in [0.25, 0.3) is 0 Å². The first-order valence-electron chi connectivity index (χ1n) is 10.4. The monoisotopic (exact) mass is 395 g/mol. The number of amides is 2. The maximum atomic E-state index is 13.2. The van der Waals surface area contributed by atoms with Gasteiger partial charge in [-0.2, -0.15) is 0 Å². The van der Waals surface area contributed by atoms with E-state index >= 15 is 0 Å². The first kappa shape index (κ1) is 17.5. The molecule has 0 N–H and O–H groups in total. The first-order chi connectivity index (χ1) is 14.6. The van der Waals surface area contributed by atoms with Crippen molar-refractivity contribution in [3.05, 3.63) is 78.9 Å². The predicted octanol–water partition coefficient (Wildman–Crippen LogP) is 5.33. The molecule has 2 fully saturated rings. The topological polar surface area (TPSA) is 46.6 Å². The van der Waals surface area contributed by atoms with E-state index in [-0.39, 0.29) is 29.6 Å². The predicted molar refractivity (Wildman–Crippen MR) is 115 cm³/mol. The van der Waals surface area contributed by atoms with Gasteiger partial charge in [-0.1, -0.05) is 42.5 Å². The van der Waals surface area contributed by atoms with Gasteiger partial charge in [0.15, 0.2) is 0 Å². The number of carbonyl (C=O) groups is 2. The highest BCUT2D eigenvalue weighted by Crippen LogP contribution is 2.60. The minimum absolute atomic E-state index is 0.0671. The van der Waals surface area contributed by atoms with E-state index in [1.807, 2.05) is 49.4 Å². The van der Waals surface area contributed by atoms with Crippen molar-refractivity contribution in [2.45, 2.75) is 13.3 Å². The van der Waals surface area contributed by atoms with Gasteiger partial charge < -0.3 is 4.74 Å². The van der Waals surface area contributed by atoms with Crippen molar-refractivity contribution < 1.29 is 14.3 Å². The lowest BCUT2D eigenvalue weighted by Crippen LogP contribution is -2.37. The number of hydrogen-bond acceptors (Lipinski definition) is 3. The number of ether oxygens (including phenoxy) is 1. The second-order valence-corrected chi connectivity index (χ2v) is 8.74. The van der Waals surface area contributed by atoms with Crippen molar-refractivity contribution >= 4 is 28.3 Å². The highest BCUT2D eigenvalue weighted by atomic mass is 16.5. The van der Waals surface area contributed by atoms with Crippen molar-refractivity contribution in [3.8, 4) is 11.5 Å². The van der Waals surface area contributed by atoms with Gasteiger partial charge in [0, 0.05) is 0 Å². The van der Waals surface area contributed by atoms with Gasteiger partial charge in [-0.3, -0.25) is 9.59 Å². The molecule has 4 nitrogen and oxygen atoms in total. The maximum Gasteiger partial charge on any atom is 0.241 e. The lowest BCUT2D eigenvalue weighted by Gasteiger charge is -2.28. The molecule has 4 atom stereocenters. The molecule has 4 heteroatoms. The number of rotatable bonds is 3. The Hall–Kier alpha value is -3.40. The summed E-state index contributed by atoms with van der Waals surface area (Å²) in [5.74, 6) is 1.41. The summed E-state index contributed by atoms with van der Waals surface area (Å²) < 4.78 is 6.00. The second-order valence-electron chi connectivity index (χ2n) is 8.74. The number of fused-ring (bicyclic) bond motifs is 6. The standard InChI is InChI=1S/C26H21NO3/c1-26-19-8-6-18(14-19)23(26)24(28)27(25(26)29)20-9-12-21(13-10-20)30-22-11-7-16-4-2-3-5-17(16)15-22/h2-13,15,18-19,23H,14H2,1H3/t18-,19+,23+,26+/m0/s1. The van der Waals surface area contributed by atoms with Crippen LogP contribution in [0.4, 0.5) is 5.69 Å². The molecule has 0 radical (unpaired) electrons. The highest BCUT2D eigenvalue weighted by molar-refractivity contribution is 6.24. The van der Waals surface area contributed by atoms with Gasteiger partial charge >= 0.3 is 0 Å². The summed E-state index contributed by atoms with van der Waals surface area (Å²) in [5.41, 5.74) is 0.0161. The summed E-state index contributed by atoms with van der Waals surface area (Å²) in [7, 11) is 0. The quantitative estimate of drug-likeness (QED) is 0.445. The Morgan fingerprint density at radius 1 is 0.900 bits per heavy atom. The zero-order valence-corrected chi connectivity index (χ0v) is 16.6. The van der Waals surface area contributed by atoms with Crippen LogP contribution in [0.3, 0.4) is 0 Å². The van der Waals surface area contributed by atoms with Gasteiger partial charge in [-0.05, 0) is 72.4 Å². The zero-order chi connectivity index (χ0) is 20.5. The Bertz CT molecular complexity index is 1230. The van der Waals surface area contributed by atoms with Crippen LogP contribution < -0.4 is 9.64 Å². The van der Waals surface area contributed by atoms with E-state index < -0.39 is 5.41 Å². The van der Waals surface area contributed by atoms with Gasteiger partial charge in [-0.15, -0.1) is 0 Å². The molecule has 1 saturated heterocycles. The number of anilines is 1. The fourth-order valence-electron chi connectivity index (χ4n) is 5.58. The van der Waals surface area contributed by atoms with E-state index in [1.165, 1.54) is 4.90 Å². The van der Waals surface area contributed by atoms with E-state index in [0.717, 1.165) is 22.9 Å². The van der Waals surface area contributed by atoms with Crippen molar-refractivity contribution in [1.29, 1.82) is 0 Å². The van der Waals surface area contributed by atoms with Crippen molar-refractivity contribution in [3.63, 3.8) is 0 Å². The fourth-order valence-corrected chi connectivity index (χ4v) is 5.58. The summed E-state index contributed by atoms with van der Waals surface area (Å²) in [6, 6.07) is 21.3. The Labute approximate surface area is 174 Å². The number of benzene rings is 3. The number of imide groups is 1. The van der Waals surface area contributed by atoms with Gasteiger partial charge in [0.1, 0.15) is 11.5 Å². The van der Waals surface area contributed by atoms with Crippen LogP contribution >= 0.6 is 0 Å². The lowest BCUT2D eigenvalue weighted by atomic mass is 9.71. The van der Waals surface area contributed by atoms with Crippen molar-refractivity contribution in [1.82, 2.24) is 0 Å². The summed E-state index contributed by atoms with van der Waals surface area (Å²) in [4.78, 5) is 27.8. The average Bonchev–Trinajstić information content (AvgIpc) is 3.40. The van der Waals surface area contributed by atoms with E-state index in [4.69, 9.17) is 4.74 Å². The third-order valence-corrected chi connectivity index (χ3v) is 7.16. The van der Waals surface area contributed by atoms with Crippen LogP contribution in [0.15, 0.2) is 78.9 Å². The number of allylic oxidation sites excluding steroid dienone is 2. The number of hydrogen-bond donors (Lipinski definition) is 0. The molecule has 6 rings (SSSR count). The molecule has 3 aromatic rings. The van der Waals surface area contributed by atoms with E-state index in [9.17, 15) is 9.59 Å². The molecule has 1 saturated carbocycles. The molecule has 3 aromatic carbocycles. The maximum absolute atomic E-state index is 13.2. The van der Waals surface area contributed by atoms with Crippen LogP contribution in [0.1, 0.15) is 13.3 Å². The normalized spacial score (nSPS) is 29.1. The van der Waals surface area contributed by atoms with Gasteiger partial charge in [0.05, 0.1) is 17.0 Å². The Morgan fingerprint density at radius 2 is 1.63 bits per heavy atom. The molecule has 1 aliphatic heterocycles. The van der Waals surface area contributed by atoms with Crippen LogP contribution in [-0.4, -0.2) is 11.8 Å². The minimum atomic E-state index is -0.600. The molecular formula is C26H21NO3. The van der Waals surface area contributed by atoms with Gasteiger partial charge in [-0.25, -0.2) is 4.90 Å². The average molecular weight is 395 g/mol. The molecule has 0 unspecified atom stereocenters. The summed E-state index contributed by atoms with van der Waals surface area (Å²) in [5, 5.41) is 2.27. The van der Waals surface area contributed by atoms with E-state index in [0.29, 0.717) is 11.4 Å². The molecule has 30 heavy (non-hydrogen) atoms. The molecule has 0 aromatic heterocycles. The molecule has 1 heterocycles. The fraction of sp³-hybridized carbons (Fsp3) is 0.231. The molecule has 2 aliphatic carbocycles. The Kier molecular flexibility index (Phi) is 3.52. The Balaban J connectivity index is 1.26. The van der Waals surface area contributed by atoms with Crippen LogP contribution in [0, 0.1) is 23.2 Å². The minimum Gasteiger partial charge on any atom is -0.457 e. The molecule has 148 valence electrons. The second kappa shape index (κ2) is 6.05. The third-order valence-electron chi connectivity index (χ3n) is 7.16. The van der Waals surface area contributed by atoms with Crippen LogP contribution in [0.5, 0.6) is 11.5 Å². The highest BCUT2D eigenvalue weighted by Gasteiger charge is 2.67. The Morgan fingerprint density at radius 3 is 2.40 bits per heavy atom. The summed E-state index contributed by atoms with van der Waals surface area (Å²) in [6.07, 6.45) is 5.16. The third kappa shape index (κ3) is 2.28. The van der Waals surface area contributed by atoms with Crippen LogP contribution in [0.2, 0.25) is 0 Å². The number of carbonyl (C=O) groups excluding carboxylic acids is 2. The first-order valence-corrected chi connectivity index (χ1v) is 10.4. The SMILES string of the molecule is C[C@]12C(=O)N(c3ccc(Oc4ccc5ccccc5c4)cc3)C(=O)[C@H]1[C@H]1C=C[C@@H]2C1. The molecular weight excluding hydrogens is 374 g/mol. The molecule has 0 spiro atoms. The zero-order valence-electron chi connectivity index (χ0n) is 16.6. The number of nitrogens with zero attached hydrogens (tertiary/aromatic N) is 1. The summed E-state index contributed by atoms with van der Waals surface area (Å²) in [6.45, 7) is 1.96. The molecule has 2 amide bonds. The van der Waals surface area contributed by atoms with E-state index in [1.54, 1.807) is 12.1 Å². The van der Waals surface area contributed by atoms with Crippen LogP contribution in [-0.2, 0) is 9.59 Å². The van der Waals surface area contributed by atoms with E-state index in [2.05, 4.69) is 24.3 Å². The summed E-state index contributed by atoms with van der Waals surface area (Å²) >= 11 is 0. The smallest absolute Gasteiger partial charge is 0.241 e. The van der Waals surface area contributed by atoms with Crippen molar-refractivity contribution in [2.24, 2.45) is 23.2 Å². The molecule has 2 bridgehead atoms. The largest absolute Gasteiger partial charge is 0.457 e. The lowest BCUT2D eigenvalue weighted by molar-refractivity contribution is -0.127. The van der Waals surface area contributed by atoms with Crippen molar-refractivity contribution in [2.75, 3.05) is 4.90 Å². The molecule has 3 aliphatic rings. The van der Waals surface area contributed by atoms with Crippen LogP contribution in [0.25, 0.3) is 10.8 Å². The van der Waals surface area contributed by atoms with Gasteiger partial charge in [0.2, 0.25) is 11.8 Å².